The number of nitrogens with zero attached hydrogens (tertiary/aromatic N) is 1. The van der Waals surface area contributed by atoms with E-state index in [1.165, 1.54) is 5.56 Å². The minimum Gasteiger partial charge on any atom is -0.0783 e. The third kappa shape index (κ3) is 2.10. The van der Waals surface area contributed by atoms with Crippen molar-refractivity contribution in [2.45, 2.75) is 13.8 Å². The summed E-state index contributed by atoms with van der Waals surface area (Å²) in [5.41, 5.74) is 3.28. The smallest absolute Gasteiger partial charge is 0.0783 e. The SMILES string of the molecule is [CH2]c1ccc(C#[N+]CC)c(C)c1. The number of hydrogen-bond acceptors (Lipinski definition) is 0. The van der Waals surface area contributed by atoms with E-state index in [0.717, 1.165) is 17.7 Å². The molecule has 61 valence electrons. The number of aryl methyl sites for hydroxylation is 1. The molecule has 0 aromatic heterocycles. The minimum absolute atomic E-state index is 0.783. The maximum absolute atomic E-state index is 4.06. The van der Waals surface area contributed by atoms with Gasteiger partial charge in [0.25, 0.3) is 6.54 Å². The Morgan fingerprint density at radius 2 is 2.25 bits per heavy atom. The molecule has 0 aliphatic rings. The Balaban J connectivity index is 3.01. The van der Waals surface area contributed by atoms with Crippen LogP contribution in [0.4, 0.5) is 0 Å². The fraction of sp³-hybridized carbons (Fsp3) is 0.273. The molecule has 1 aromatic rings. The van der Waals surface area contributed by atoms with E-state index in [2.05, 4.69) is 17.8 Å². The Hall–Kier alpha value is -1.29. The van der Waals surface area contributed by atoms with E-state index >= 15 is 0 Å². The zero-order chi connectivity index (χ0) is 8.97. The lowest BCUT2D eigenvalue weighted by Gasteiger charge is -1.94. The zero-order valence-electron chi connectivity index (χ0n) is 7.59. The molecule has 0 saturated heterocycles. The standard InChI is InChI=1S/C11H13N/c1-4-12-8-11-6-5-9(2)7-10(11)3/h5-7H,2,4H2,1,3H3/q+1. The predicted octanol–water partition coefficient (Wildman–Crippen LogP) is 2.88. The van der Waals surface area contributed by atoms with Gasteiger partial charge in [0.2, 0.25) is 0 Å². The first-order valence-electron chi connectivity index (χ1n) is 4.09. The largest absolute Gasteiger partial charge is 0.311 e. The van der Waals surface area contributed by atoms with Crippen LogP contribution in [0.3, 0.4) is 0 Å². The van der Waals surface area contributed by atoms with Crippen LogP contribution >= 0.6 is 0 Å². The van der Waals surface area contributed by atoms with Crippen molar-refractivity contribution in [3.8, 4) is 6.07 Å². The number of rotatable bonds is 0. The molecule has 0 aliphatic carbocycles. The Bertz CT molecular complexity index is 329. The summed E-state index contributed by atoms with van der Waals surface area (Å²) >= 11 is 0. The normalized spacial score (nSPS) is 8.92. The molecule has 0 aliphatic heterocycles. The Morgan fingerprint density at radius 1 is 1.50 bits per heavy atom. The highest BCUT2D eigenvalue weighted by Crippen LogP contribution is 2.08. The van der Waals surface area contributed by atoms with Crippen molar-refractivity contribution in [2.75, 3.05) is 6.54 Å². The predicted molar refractivity (Wildman–Crippen MR) is 52.5 cm³/mol. The van der Waals surface area contributed by atoms with Crippen LogP contribution in [-0.4, -0.2) is 6.54 Å². The van der Waals surface area contributed by atoms with Gasteiger partial charge >= 0.3 is 6.07 Å². The molecule has 0 spiro atoms. The van der Waals surface area contributed by atoms with Gasteiger partial charge < -0.3 is 0 Å². The zero-order valence-corrected chi connectivity index (χ0v) is 7.59. The average Bonchev–Trinajstić information content (AvgIpc) is 2.03. The Kier molecular flexibility index (Phi) is 2.88. The second kappa shape index (κ2) is 3.92. The fourth-order valence-electron chi connectivity index (χ4n) is 1.02. The maximum Gasteiger partial charge on any atom is 0.311 e. The Morgan fingerprint density at radius 3 is 2.83 bits per heavy atom. The van der Waals surface area contributed by atoms with Crippen molar-refractivity contribution in [3.05, 3.63) is 46.7 Å². The van der Waals surface area contributed by atoms with Gasteiger partial charge in [-0.1, -0.05) is 17.0 Å². The lowest BCUT2D eigenvalue weighted by molar-refractivity contribution is 1.34. The number of hydrogen-bond donors (Lipinski definition) is 0. The summed E-state index contributed by atoms with van der Waals surface area (Å²) in [7, 11) is 0. The van der Waals surface area contributed by atoms with Crippen LogP contribution in [0.2, 0.25) is 0 Å². The molecule has 0 amide bonds. The van der Waals surface area contributed by atoms with Gasteiger partial charge in [-0.3, -0.25) is 0 Å². The van der Waals surface area contributed by atoms with E-state index in [1.807, 2.05) is 32.0 Å². The monoisotopic (exact) mass is 159 g/mol. The molecule has 0 saturated carbocycles. The third-order valence-electron chi connectivity index (χ3n) is 1.65. The van der Waals surface area contributed by atoms with Gasteiger partial charge in [-0.25, -0.2) is 0 Å². The van der Waals surface area contributed by atoms with Crippen LogP contribution < -0.4 is 0 Å². The molecule has 1 radical (unpaired) electrons. The molecule has 0 N–H and O–H groups in total. The summed E-state index contributed by atoms with van der Waals surface area (Å²) in [5, 5.41) is 0. The van der Waals surface area contributed by atoms with Crippen molar-refractivity contribution < 1.29 is 0 Å². The van der Waals surface area contributed by atoms with Crippen molar-refractivity contribution in [1.82, 2.24) is 0 Å². The van der Waals surface area contributed by atoms with Gasteiger partial charge in [0.15, 0.2) is 0 Å². The topological polar surface area (TPSA) is 4.36 Å². The van der Waals surface area contributed by atoms with Crippen molar-refractivity contribution in [2.24, 2.45) is 0 Å². The van der Waals surface area contributed by atoms with Crippen LogP contribution in [0.5, 0.6) is 0 Å². The summed E-state index contributed by atoms with van der Waals surface area (Å²) in [6, 6.07) is 8.99. The first-order chi connectivity index (χ1) is 5.74. The molecular weight excluding hydrogens is 146 g/mol. The third-order valence-corrected chi connectivity index (χ3v) is 1.65. The van der Waals surface area contributed by atoms with Crippen molar-refractivity contribution >= 4 is 0 Å². The first kappa shape index (κ1) is 8.80. The van der Waals surface area contributed by atoms with Crippen LogP contribution in [-0.2, 0) is 0 Å². The molecule has 1 heteroatoms. The lowest BCUT2D eigenvalue weighted by atomic mass is 10.1. The second-order valence-electron chi connectivity index (χ2n) is 2.74. The quantitative estimate of drug-likeness (QED) is 0.548. The summed E-state index contributed by atoms with van der Waals surface area (Å²) in [4.78, 5) is 4.06. The summed E-state index contributed by atoms with van der Waals surface area (Å²) in [6.45, 7) is 8.67. The van der Waals surface area contributed by atoms with Gasteiger partial charge in [0.1, 0.15) is 5.56 Å². The van der Waals surface area contributed by atoms with E-state index in [1.54, 1.807) is 0 Å². The molecule has 1 nitrogen and oxygen atoms in total. The summed E-state index contributed by atoms with van der Waals surface area (Å²) in [6.07, 6.45) is 0. The maximum atomic E-state index is 4.06. The average molecular weight is 159 g/mol. The van der Waals surface area contributed by atoms with Crippen molar-refractivity contribution in [1.29, 1.82) is 0 Å². The fourth-order valence-corrected chi connectivity index (χ4v) is 1.02. The first-order valence-corrected chi connectivity index (χ1v) is 4.09. The molecule has 0 heterocycles. The Labute approximate surface area is 73.9 Å². The van der Waals surface area contributed by atoms with Gasteiger partial charge in [-0.05, 0) is 31.0 Å². The van der Waals surface area contributed by atoms with E-state index in [-0.39, 0.29) is 0 Å². The highest BCUT2D eigenvalue weighted by Gasteiger charge is 1.99. The second-order valence-corrected chi connectivity index (χ2v) is 2.74. The van der Waals surface area contributed by atoms with Crippen LogP contribution in [0.25, 0.3) is 4.85 Å². The molecule has 1 aromatic carbocycles. The van der Waals surface area contributed by atoms with E-state index in [0.29, 0.717) is 0 Å². The van der Waals surface area contributed by atoms with Gasteiger partial charge in [-0.2, -0.15) is 0 Å². The number of benzene rings is 1. The molecule has 1 rings (SSSR count). The highest BCUT2D eigenvalue weighted by atomic mass is 14.6. The van der Waals surface area contributed by atoms with Crippen LogP contribution in [0.1, 0.15) is 23.6 Å². The van der Waals surface area contributed by atoms with Gasteiger partial charge in [-0.15, -0.1) is 0 Å². The van der Waals surface area contributed by atoms with E-state index in [4.69, 9.17) is 0 Å². The molecule has 0 bridgehead atoms. The minimum atomic E-state index is 0.783. The van der Waals surface area contributed by atoms with Gasteiger partial charge in [0.05, 0.1) is 0 Å². The molecule has 12 heavy (non-hydrogen) atoms. The van der Waals surface area contributed by atoms with E-state index in [9.17, 15) is 0 Å². The van der Waals surface area contributed by atoms with Crippen LogP contribution in [0.15, 0.2) is 18.2 Å². The highest BCUT2D eigenvalue weighted by molar-refractivity contribution is 5.41. The molecule has 0 unspecified atom stereocenters. The summed E-state index contributed by atoms with van der Waals surface area (Å²) < 4.78 is 0. The molecular formula is C11H13N+. The van der Waals surface area contributed by atoms with Crippen LogP contribution in [0, 0.1) is 19.9 Å². The van der Waals surface area contributed by atoms with Crippen molar-refractivity contribution in [3.63, 3.8) is 0 Å². The summed E-state index contributed by atoms with van der Waals surface area (Å²) in [5.74, 6) is 0. The molecule has 0 atom stereocenters. The molecule has 0 fully saturated rings. The van der Waals surface area contributed by atoms with Gasteiger partial charge in [0, 0.05) is 6.92 Å². The lowest BCUT2D eigenvalue weighted by Crippen LogP contribution is -1.82. The van der Waals surface area contributed by atoms with E-state index < -0.39 is 0 Å².